The monoisotopic (exact) mass is 466 g/mol. The van der Waals surface area contributed by atoms with Crippen LogP contribution in [0.15, 0.2) is 29.1 Å². The molecule has 34 heavy (non-hydrogen) atoms. The molecule has 1 saturated heterocycles. The fourth-order valence-electron chi connectivity index (χ4n) is 4.57. The maximum absolute atomic E-state index is 15.0. The Bertz CT molecular complexity index is 1440. The van der Waals surface area contributed by atoms with Crippen LogP contribution in [0.2, 0.25) is 0 Å². The molecule has 4 aromatic rings. The summed E-state index contributed by atoms with van der Waals surface area (Å²) in [5.74, 6) is 0.908. The highest BCUT2D eigenvalue weighted by Crippen LogP contribution is 2.36. The number of rotatable bonds is 5. The Kier molecular flexibility index (Phi) is 5.52. The normalized spacial score (nSPS) is 14.8. The number of benzene rings is 2. The number of hydrogen-bond donors (Lipinski definition) is 3. The fourth-order valence-corrected chi connectivity index (χ4v) is 4.57. The summed E-state index contributed by atoms with van der Waals surface area (Å²) in [4.78, 5) is 27.8. The Balaban J connectivity index is 1.59. The number of nitrogen functional groups attached to an aromatic ring is 1. The Morgan fingerprint density at radius 3 is 2.41 bits per heavy atom. The fraction of sp³-hybridized carbons (Fsp3) is 0.333. The van der Waals surface area contributed by atoms with E-state index in [1.807, 2.05) is 4.90 Å². The average Bonchev–Trinajstić information content (AvgIpc) is 3.24. The van der Waals surface area contributed by atoms with E-state index in [2.05, 4.69) is 26.8 Å². The van der Waals surface area contributed by atoms with E-state index in [1.165, 1.54) is 20.3 Å². The minimum absolute atomic E-state index is 0.189. The summed E-state index contributed by atoms with van der Waals surface area (Å²) in [5.41, 5.74) is 8.54. The van der Waals surface area contributed by atoms with E-state index in [0.717, 1.165) is 32.7 Å². The minimum Gasteiger partial charge on any atom is -0.493 e. The number of nitrogens with one attached hydrogen (secondary N) is 2. The molecule has 5 rings (SSSR count). The first-order valence-corrected chi connectivity index (χ1v) is 11.2. The molecular formula is C24H27FN6O3. The zero-order valence-electron chi connectivity index (χ0n) is 19.4. The van der Waals surface area contributed by atoms with Crippen molar-refractivity contribution in [2.24, 2.45) is 0 Å². The van der Waals surface area contributed by atoms with Crippen LogP contribution in [-0.2, 0) is 0 Å². The maximum atomic E-state index is 15.0. The van der Waals surface area contributed by atoms with Gasteiger partial charge < -0.3 is 35.0 Å². The van der Waals surface area contributed by atoms with Crippen LogP contribution in [0.25, 0.3) is 33.3 Å². The van der Waals surface area contributed by atoms with E-state index in [4.69, 9.17) is 15.2 Å². The lowest BCUT2D eigenvalue weighted by molar-refractivity contribution is 0.270. The molecule has 10 heteroatoms. The van der Waals surface area contributed by atoms with E-state index in [-0.39, 0.29) is 22.9 Å². The van der Waals surface area contributed by atoms with Gasteiger partial charge in [0.1, 0.15) is 17.2 Å². The number of halogens is 1. The molecule has 2 aromatic carbocycles. The average molecular weight is 467 g/mol. The first kappa shape index (κ1) is 22.0. The molecule has 0 saturated carbocycles. The second-order valence-electron chi connectivity index (χ2n) is 8.32. The Morgan fingerprint density at radius 1 is 1.03 bits per heavy atom. The highest BCUT2D eigenvalue weighted by atomic mass is 19.1. The molecule has 0 atom stereocenters. The first-order chi connectivity index (χ1) is 16.4. The third kappa shape index (κ3) is 3.60. The second-order valence-corrected chi connectivity index (χ2v) is 8.32. The van der Waals surface area contributed by atoms with Crippen LogP contribution in [-0.4, -0.2) is 66.8 Å². The third-order valence-electron chi connectivity index (χ3n) is 6.51. The van der Waals surface area contributed by atoms with Gasteiger partial charge in [0.2, 0.25) is 0 Å². The van der Waals surface area contributed by atoms with Gasteiger partial charge in [-0.2, -0.15) is 0 Å². The first-order valence-electron chi connectivity index (χ1n) is 11.2. The molecule has 0 bridgehead atoms. The van der Waals surface area contributed by atoms with E-state index in [9.17, 15) is 9.18 Å². The standard InChI is InChI=1S/C24H27FN6O3/c1-4-30-5-7-31(8-6-30)18-11-17-16(10-14(18)25)27-23(28-17)21-22(26)13-9-19(33-2)20(34-3)12-15(13)29-24(21)32/h9-12H,4-8H2,1-3H3,(H,27,28)(H3,26,29,32). The smallest absolute Gasteiger partial charge is 0.261 e. The number of H-pyrrole nitrogens is 2. The van der Waals surface area contributed by atoms with Crippen molar-refractivity contribution in [3.63, 3.8) is 0 Å². The number of ether oxygens (including phenoxy) is 2. The number of fused-ring (bicyclic) bond motifs is 2. The van der Waals surface area contributed by atoms with Crippen LogP contribution in [0.5, 0.6) is 11.5 Å². The van der Waals surface area contributed by atoms with Gasteiger partial charge >= 0.3 is 0 Å². The van der Waals surface area contributed by atoms with Crippen molar-refractivity contribution >= 4 is 33.3 Å². The van der Waals surface area contributed by atoms with Gasteiger partial charge in [-0.15, -0.1) is 0 Å². The number of pyridine rings is 1. The molecule has 1 aliphatic rings. The number of anilines is 2. The maximum Gasteiger partial charge on any atom is 0.261 e. The van der Waals surface area contributed by atoms with Crippen molar-refractivity contribution in [2.45, 2.75) is 6.92 Å². The molecule has 0 unspecified atom stereocenters. The quantitative estimate of drug-likeness (QED) is 0.415. The van der Waals surface area contributed by atoms with Gasteiger partial charge in [-0.3, -0.25) is 4.79 Å². The second kappa shape index (κ2) is 8.53. The summed E-state index contributed by atoms with van der Waals surface area (Å²) >= 11 is 0. The van der Waals surface area contributed by atoms with Crippen LogP contribution < -0.4 is 25.7 Å². The summed E-state index contributed by atoms with van der Waals surface area (Å²) < 4.78 is 25.7. The molecule has 0 amide bonds. The SMILES string of the molecule is CCN1CCN(c2cc3nc(-c4c(N)c5cc(OC)c(OC)cc5[nH]c4=O)[nH]c3cc2F)CC1. The van der Waals surface area contributed by atoms with Crippen molar-refractivity contribution in [3.05, 3.63) is 40.4 Å². The van der Waals surface area contributed by atoms with E-state index in [1.54, 1.807) is 18.2 Å². The predicted molar refractivity (Wildman–Crippen MR) is 131 cm³/mol. The Labute approximate surface area is 195 Å². The number of methoxy groups -OCH3 is 2. The number of imidazole rings is 1. The molecule has 0 radical (unpaired) electrons. The van der Waals surface area contributed by atoms with E-state index >= 15 is 0 Å². The van der Waals surface area contributed by atoms with Gasteiger partial charge in [-0.05, 0) is 18.7 Å². The summed E-state index contributed by atoms with van der Waals surface area (Å²) in [7, 11) is 3.05. The van der Waals surface area contributed by atoms with Gasteiger partial charge in [0.05, 0.1) is 42.1 Å². The summed E-state index contributed by atoms with van der Waals surface area (Å²) in [5, 5.41) is 0.591. The third-order valence-corrected chi connectivity index (χ3v) is 6.51. The largest absolute Gasteiger partial charge is 0.493 e. The van der Waals surface area contributed by atoms with Crippen LogP contribution in [0.3, 0.4) is 0 Å². The zero-order chi connectivity index (χ0) is 24.0. The topological polar surface area (TPSA) is 112 Å². The number of likely N-dealkylation sites (N-methyl/N-ethyl adjacent to an activating group) is 1. The van der Waals surface area contributed by atoms with Crippen molar-refractivity contribution in [2.75, 3.05) is 57.6 Å². The molecule has 0 aliphatic carbocycles. The van der Waals surface area contributed by atoms with Gasteiger partial charge in [-0.25, -0.2) is 9.37 Å². The lowest BCUT2D eigenvalue weighted by atomic mass is 10.1. The molecule has 9 nitrogen and oxygen atoms in total. The van der Waals surface area contributed by atoms with Crippen LogP contribution in [0.4, 0.5) is 15.8 Å². The number of piperazine rings is 1. The lowest BCUT2D eigenvalue weighted by Gasteiger charge is -2.35. The number of aromatic amines is 2. The van der Waals surface area contributed by atoms with E-state index in [0.29, 0.717) is 39.1 Å². The number of nitrogens with two attached hydrogens (primary N) is 1. The molecule has 1 aliphatic heterocycles. The zero-order valence-corrected chi connectivity index (χ0v) is 19.4. The summed E-state index contributed by atoms with van der Waals surface area (Å²) in [6, 6.07) is 6.52. The van der Waals surface area contributed by atoms with Gasteiger partial charge in [0.25, 0.3) is 5.56 Å². The Morgan fingerprint density at radius 2 is 1.74 bits per heavy atom. The molecule has 1 fully saturated rings. The van der Waals surface area contributed by atoms with Crippen LogP contribution in [0, 0.1) is 5.82 Å². The highest BCUT2D eigenvalue weighted by molar-refractivity contribution is 5.99. The predicted octanol–water partition coefficient (Wildman–Crippen LogP) is 2.95. The molecule has 2 aromatic heterocycles. The number of hydrogen-bond acceptors (Lipinski definition) is 7. The van der Waals surface area contributed by atoms with Crippen molar-refractivity contribution in [1.82, 2.24) is 19.9 Å². The number of nitrogens with zero attached hydrogens (tertiary/aromatic N) is 3. The van der Waals surface area contributed by atoms with Crippen molar-refractivity contribution in [1.29, 1.82) is 0 Å². The molecule has 4 N–H and O–H groups in total. The molecule has 178 valence electrons. The lowest BCUT2D eigenvalue weighted by Crippen LogP contribution is -2.46. The highest BCUT2D eigenvalue weighted by Gasteiger charge is 2.22. The van der Waals surface area contributed by atoms with Crippen molar-refractivity contribution in [3.8, 4) is 22.9 Å². The number of aromatic nitrogens is 3. The van der Waals surface area contributed by atoms with Gasteiger partial charge in [-0.1, -0.05) is 6.92 Å². The van der Waals surface area contributed by atoms with Gasteiger partial charge in [0.15, 0.2) is 11.5 Å². The molecule has 3 heterocycles. The minimum atomic E-state index is -0.410. The summed E-state index contributed by atoms with van der Waals surface area (Å²) in [6.45, 7) is 6.37. The Hall–Kier alpha value is -3.79. The van der Waals surface area contributed by atoms with Crippen LogP contribution >= 0.6 is 0 Å². The molecule has 0 spiro atoms. The molecular weight excluding hydrogens is 439 g/mol. The van der Waals surface area contributed by atoms with Crippen molar-refractivity contribution < 1.29 is 13.9 Å². The van der Waals surface area contributed by atoms with Crippen LogP contribution in [0.1, 0.15) is 6.92 Å². The van der Waals surface area contributed by atoms with Gasteiger partial charge in [0, 0.05) is 43.7 Å². The van der Waals surface area contributed by atoms with E-state index < -0.39 is 5.56 Å². The summed E-state index contributed by atoms with van der Waals surface area (Å²) in [6.07, 6.45) is 0.